The van der Waals surface area contributed by atoms with Crippen LogP contribution >= 0.6 is 0 Å². The predicted molar refractivity (Wildman–Crippen MR) is 88.6 cm³/mol. The molecule has 0 saturated carbocycles. The van der Waals surface area contributed by atoms with E-state index in [4.69, 9.17) is 0 Å². The van der Waals surface area contributed by atoms with E-state index in [1.54, 1.807) is 23.9 Å². The Balaban J connectivity index is 1.77. The molecule has 0 aromatic heterocycles. The fourth-order valence-corrected chi connectivity index (χ4v) is 4.91. The fourth-order valence-electron chi connectivity index (χ4n) is 4.91. The van der Waals surface area contributed by atoms with Crippen molar-refractivity contribution in [2.45, 2.75) is 50.6 Å². The summed E-state index contributed by atoms with van der Waals surface area (Å²) in [5, 5.41) is 12.6. The second-order valence-electron chi connectivity index (χ2n) is 7.04. The lowest BCUT2D eigenvalue weighted by atomic mass is 9.83. The van der Waals surface area contributed by atoms with Gasteiger partial charge in [-0.15, -0.1) is 0 Å². The molecule has 2 aliphatic carbocycles. The Kier molecular flexibility index (Phi) is 2.62. The quantitative estimate of drug-likeness (QED) is 0.731. The van der Waals surface area contributed by atoms with Gasteiger partial charge in [-0.2, -0.15) is 10.2 Å². The maximum absolute atomic E-state index is 12.1. The molecule has 122 valence electrons. The van der Waals surface area contributed by atoms with E-state index >= 15 is 0 Å². The van der Waals surface area contributed by atoms with Crippen LogP contribution in [-0.2, 0) is 9.59 Å². The van der Waals surface area contributed by atoms with Crippen molar-refractivity contribution in [1.82, 2.24) is 10.0 Å². The summed E-state index contributed by atoms with van der Waals surface area (Å²) in [7, 11) is 0. The van der Waals surface area contributed by atoms with Gasteiger partial charge >= 0.3 is 0 Å². The maximum Gasteiger partial charge on any atom is 0.239 e. The van der Waals surface area contributed by atoms with Crippen LogP contribution in [-0.4, -0.2) is 45.3 Å². The summed E-state index contributed by atoms with van der Waals surface area (Å²) in [6.07, 6.45) is 1.35. The first-order valence-corrected chi connectivity index (χ1v) is 8.39. The third kappa shape index (κ3) is 1.60. The number of rotatable bonds is 0. The summed E-state index contributed by atoms with van der Waals surface area (Å²) in [6, 6.07) is 8.35. The molecule has 2 amide bonds. The van der Waals surface area contributed by atoms with Crippen LogP contribution < -0.4 is 0 Å². The Bertz CT molecular complexity index is 774. The molecule has 5 rings (SSSR count). The molecule has 1 aromatic carbocycles. The molecule has 2 aliphatic heterocycles. The Hall–Kier alpha value is -2.50. The number of carbonyl (C=O) groups excluding carboxylic acids is 2. The van der Waals surface area contributed by atoms with E-state index in [1.165, 1.54) is 11.1 Å². The third-order valence-corrected chi connectivity index (χ3v) is 5.74. The van der Waals surface area contributed by atoms with Gasteiger partial charge in [-0.05, 0) is 11.1 Å². The number of hydrogen-bond donors (Lipinski definition) is 0. The molecule has 0 spiro atoms. The molecule has 0 radical (unpaired) electrons. The van der Waals surface area contributed by atoms with Crippen molar-refractivity contribution < 1.29 is 9.59 Å². The van der Waals surface area contributed by atoms with E-state index in [0.29, 0.717) is 12.8 Å². The molecule has 24 heavy (non-hydrogen) atoms. The van der Waals surface area contributed by atoms with Crippen molar-refractivity contribution in [2.75, 3.05) is 0 Å². The fraction of sp³-hybridized carbons (Fsp3) is 0.444. The van der Waals surface area contributed by atoms with Gasteiger partial charge < -0.3 is 0 Å². The summed E-state index contributed by atoms with van der Waals surface area (Å²) < 4.78 is 0. The van der Waals surface area contributed by atoms with Crippen LogP contribution in [0.2, 0.25) is 0 Å². The van der Waals surface area contributed by atoms with Crippen molar-refractivity contribution in [1.29, 1.82) is 0 Å². The van der Waals surface area contributed by atoms with Crippen LogP contribution in [0.4, 0.5) is 0 Å². The number of amides is 2. The molecule has 2 heterocycles. The summed E-state index contributed by atoms with van der Waals surface area (Å²) in [6.45, 7) is 3.13. The Labute approximate surface area is 139 Å². The summed E-state index contributed by atoms with van der Waals surface area (Å²) in [5.41, 5.74) is 4.51. The van der Waals surface area contributed by atoms with Gasteiger partial charge in [0.2, 0.25) is 11.8 Å². The summed E-state index contributed by atoms with van der Waals surface area (Å²) >= 11 is 0. The van der Waals surface area contributed by atoms with Crippen LogP contribution in [0.15, 0.2) is 34.5 Å². The number of hydrazone groups is 2. The molecular formula is C18H18N4O2. The van der Waals surface area contributed by atoms with Gasteiger partial charge in [0, 0.05) is 38.5 Å². The monoisotopic (exact) mass is 322 g/mol. The summed E-state index contributed by atoms with van der Waals surface area (Å²) in [5.74, 6) is 0.185. The molecule has 0 N–H and O–H groups in total. The SMILES string of the molecule is CC(=O)N1N=C2CC3C4C(=NN3C(C)=O)CC1C2c1ccccc14. The standard InChI is InChI=1S/C18H18N4O2/c1-9(23)21-15-7-14-18-12-6-4-3-5-11(12)17(15)13(19-21)8-16(18)22(20-14)10(2)24/h3-6,15-18H,7-8H2,1-2H3. The number of hydrogen-bond acceptors (Lipinski definition) is 4. The first-order chi connectivity index (χ1) is 11.6. The van der Waals surface area contributed by atoms with Gasteiger partial charge in [-0.3, -0.25) is 9.59 Å². The van der Waals surface area contributed by atoms with Gasteiger partial charge in [0.15, 0.2) is 0 Å². The second-order valence-corrected chi connectivity index (χ2v) is 7.04. The van der Waals surface area contributed by atoms with Gasteiger partial charge in [-0.25, -0.2) is 10.0 Å². The highest BCUT2D eigenvalue weighted by molar-refractivity contribution is 6.05. The first kappa shape index (κ1) is 13.9. The van der Waals surface area contributed by atoms with Gasteiger partial charge in [0.25, 0.3) is 0 Å². The molecule has 4 atom stereocenters. The highest BCUT2D eigenvalue weighted by Gasteiger charge is 2.54. The zero-order valence-corrected chi connectivity index (χ0v) is 13.6. The van der Waals surface area contributed by atoms with Gasteiger partial charge in [-0.1, -0.05) is 24.3 Å². The van der Waals surface area contributed by atoms with Crippen LogP contribution in [0.1, 0.15) is 49.7 Å². The highest BCUT2D eigenvalue weighted by Crippen LogP contribution is 2.50. The number of carbonyl (C=O) groups is 2. The molecular weight excluding hydrogens is 304 g/mol. The molecule has 1 aromatic rings. The average molecular weight is 322 g/mol. The van der Waals surface area contributed by atoms with E-state index in [-0.39, 0.29) is 35.7 Å². The molecule has 6 nitrogen and oxygen atoms in total. The van der Waals surface area contributed by atoms with Crippen molar-refractivity contribution in [3.8, 4) is 0 Å². The Morgan fingerprint density at radius 1 is 0.875 bits per heavy atom. The van der Waals surface area contributed by atoms with Crippen molar-refractivity contribution >= 4 is 23.2 Å². The van der Waals surface area contributed by atoms with E-state index < -0.39 is 0 Å². The zero-order valence-electron chi connectivity index (χ0n) is 13.6. The topological polar surface area (TPSA) is 65.3 Å². The first-order valence-electron chi connectivity index (χ1n) is 8.39. The minimum atomic E-state index is -0.0299. The third-order valence-electron chi connectivity index (χ3n) is 5.74. The lowest BCUT2D eigenvalue weighted by molar-refractivity contribution is -0.131. The number of nitrogens with zero attached hydrogens (tertiary/aromatic N) is 4. The van der Waals surface area contributed by atoms with Crippen molar-refractivity contribution in [3.63, 3.8) is 0 Å². The van der Waals surface area contributed by atoms with Crippen molar-refractivity contribution in [2.24, 2.45) is 10.2 Å². The lowest BCUT2D eigenvalue weighted by Crippen LogP contribution is -2.39. The molecule has 4 aliphatic rings. The molecule has 0 fully saturated rings. The van der Waals surface area contributed by atoms with E-state index in [9.17, 15) is 9.59 Å². The zero-order chi connectivity index (χ0) is 16.6. The molecule has 6 heteroatoms. The Morgan fingerprint density at radius 2 is 1.29 bits per heavy atom. The molecule has 4 unspecified atom stereocenters. The largest absolute Gasteiger partial charge is 0.273 e. The second kappa shape index (κ2) is 4.53. The number of benzene rings is 1. The van der Waals surface area contributed by atoms with Gasteiger partial charge in [0.05, 0.1) is 23.5 Å². The van der Waals surface area contributed by atoms with Gasteiger partial charge in [0.1, 0.15) is 0 Å². The normalized spacial score (nSPS) is 32.1. The van der Waals surface area contributed by atoms with Crippen molar-refractivity contribution in [3.05, 3.63) is 35.4 Å². The summed E-state index contributed by atoms with van der Waals surface area (Å²) in [4.78, 5) is 24.2. The lowest BCUT2D eigenvalue weighted by Gasteiger charge is -2.26. The van der Waals surface area contributed by atoms with E-state index in [1.807, 2.05) is 12.1 Å². The average Bonchev–Trinajstić information content (AvgIpc) is 3.02. The molecule has 0 saturated heterocycles. The smallest absolute Gasteiger partial charge is 0.239 e. The minimum Gasteiger partial charge on any atom is -0.273 e. The van der Waals surface area contributed by atoms with Crippen LogP contribution in [0.3, 0.4) is 0 Å². The van der Waals surface area contributed by atoms with Crippen LogP contribution in [0, 0.1) is 0 Å². The van der Waals surface area contributed by atoms with Crippen LogP contribution in [0.25, 0.3) is 0 Å². The predicted octanol–water partition coefficient (Wildman–Crippen LogP) is 1.83. The van der Waals surface area contributed by atoms with E-state index in [0.717, 1.165) is 11.4 Å². The minimum absolute atomic E-state index is 0.0183. The highest BCUT2D eigenvalue weighted by atomic mass is 16.2. The maximum atomic E-state index is 12.1. The Morgan fingerprint density at radius 3 is 1.67 bits per heavy atom. The molecule has 2 bridgehead atoms. The van der Waals surface area contributed by atoms with E-state index in [2.05, 4.69) is 22.3 Å². The van der Waals surface area contributed by atoms with Crippen LogP contribution in [0.5, 0.6) is 0 Å².